The van der Waals surface area contributed by atoms with Crippen LogP contribution in [-0.2, 0) is 4.79 Å². The van der Waals surface area contributed by atoms with E-state index in [1.807, 2.05) is 0 Å². The minimum Gasteiger partial charge on any atom is -0.294 e. The zero-order valence-corrected chi connectivity index (χ0v) is 12.8. The molecule has 0 unspecified atom stereocenters. The zero-order chi connectivity index (χ0) is 14.9. The number of Topliss-reactive ketones (excluding diaryl/α,β-unsaturated/α-hetero) is 2. The molecular weight excluding hydrogens is 294 g/mol. The molecule has 0 radical (unpaired) electrons. The van der Waals surface area contributed by atoms with E-state index in [-0.39, 0.29) is 17.5 Å². The molecule has 1 fully saturated rings. The largest absolute Gasteiger partial charge is 0.294 e. The minimum atomic E-state index is -0.208. The first kappa shape index (κ1) is 14.9. The van der Waals surface area contributed by atoms with Gasteiger partial charge in [0.2, 0.25) is 5.91 Å². The highest BCUT2D eigenvalue weighted by atomic mass is 32.2. The van der Waals surface area contributed by atoms with Crippen LogP contribution in [0.3, 0.4) is 0 Å². The van der Waals surface area contributed by atoms with Crippen LogP contribution in [0.2, 0.25) is 0 Å². The van der Waals surface area contributed by atoms with E-state index in [0.717, 1.165) is 0 Å². The number of nitrogens with zero attached hydrogens (tertiary/aromatic N) is 1. The molecule has 1 aromatic carbocycles. The molecule has 6 heteroatoms. The molecule has 0 atom stereocenters. The molecule has 20 heavy (non-hydrogen) atoms. The van der Waals surface area contributed by atoms with Gasteiger partial charge in [0.1, 0.15) is 4.32 Å². The molecule has 0 saturated carbocycles. The predicted molar refractivity (Wildman–Crippen MR) is 83.6 cm³/mol. The number of hydrogen-bond acceptors (Lipinski definition) is 5. The van der Waals surface area contributed by atoms with Crippen molar-refractivity contribution in [3.05, 3.63) is 29.3 Å². The van der Waals surface area contributed by atoms with Crippen molar-refractivity contribution in [3.63, 3.8) is 0 Å². The Morgan fingerprint density at radius 3 is 2.40 bits per heavy atom. The summed E-state index contributed by atoms with van der Waals surface area (Å²) < 4.78 is 0.478. The average Bonchev–Trinajstić information content (AvgIpc) is 2.38. The first-order valence-corrected chi connectivity index (χ1v) is 7.47. The van der Waals surface area contributed by atoms with E-state index in [2.05, 4.69) is 0 Å². The summed E-state index contributed by atoms with van der Waals surface area (Å²) >= 11 is 6.63. The van der Waals surface area contributed by atoms with E-state index in [9.17, 15) is 14.4 Å². The maximum Gasteiger partial charge on any atom is 0.233 e. The van der Waals surface area contributed by atoms with Crippen molar-refractivity contribution in [3.8, 4) is 0 Å². The molecule has 0 N–H and O–H groups in total. The van der Waals surface area contributed by atoms with Gasteiger partial charge >= 0.3 is 0 Å². The van der Waals surface area contributed by atoms with E-state index in [1.165, 1.54) is 30.5 Å². The molecule has 1 heterocycles. The number of amides is 1. The van der Waals surface area contributed by atoms with Crippen LogP contribution in [0, 0.1) is 0 Å². The maximum atomic E-state index is 12.0. The van der Waals surface area contributed by atoms with Gasteiger partial charge in [0, 0.05) is 23.3 Å². The van der Waals surface area contributed by atoms with Crippen LogP contribution in [0.4, 0.5) is 5.69 Å². The smallest absolute Gasteiger partial charge is 0.233 e. The van der Waals surface area contributed by atoms with Crippen LogP contribution in [-0.4, -0.2) is 27.5 Å². The molecule has 0 spiro atoms. The lowest BCUT2D eigenvalue weighted by Gasteiger charge is -2.27. The Hall–Kier alpha value is -1.53. The molecule has 0 aliphatic carbocycles. The van der Waals surface area contributed by atoms with Gasteiger partial charge in [-0.25, -0.2) is 0 Å². The second-order valence-corrected chi connectivity index (χ2v) is 6.16. The Balaban J connectivity index is 2.50. The highest BCUT2D eigenvalue weighted by Gasteiger charge is 2.26. The Morgan fingerprint density at radius 2 is 1.85 bits per heavy atom. The fraction of sp³-hybridized carbons (Fsp3) is 0.286. The minimum absolute atomic E-state index is 0.0844. The molecule has 1 saturated heterocycles. The van der Waals surface area contributed by atoms with Gasteiger partial charge in [-0.05, 0) is 32.0 Å². The third kappa shape index (κ3) is 2.81. The zero-order valence-electron chi connectivity index (χ0n) is 11.1. The monoisotopic (exact) mass is 307 g/mol. The first-order chi connectivity index (χ1) is 9.41. The lowest BCUT2D eigenvalue weighted by Crippen LogP contribution is -2.38. The fourth-order valence-corrected chi connectivity index (χ4v) is 3.27. The standard InChI is InChI=1S/C14H13NO3S2/c1-8(16)11-4-3-10(7-12(11)9(2)17)15-13(18)5-6-20-14(15)19/h3-4,7H,5-6H2,1-2H3. The van der Waals surface area contributed by atoms with Crippen molar-refractivity contribution in [1.82, 2.24) is 0 Å². The topological polar surface area (TPSA) is 54.5 Å². The van der Waals surface area contributed by atoms with E-state index in [1.54, 1.807) is 18.2 Å². The van der Waals surface area contributed by atoms with E-state index in [0.29, 0.717) is 33.3 Å². The number of thiocarbonyl (C=S) groups is 1. The van der Waals surface area contributed by atoms with Gasteiger partial charge in [-0.2, -0.15) is 0 Å². The van der Waals surface area contributed by atoms with E-state index in [4.69, 9.17) is 12.2 Å². The first-order valence-electron chi connectivity index (χ1n) is 6.07. The normalized spacial score (nSPS) is 15.4. The number of ketones is 2. The summed E-state index contributed by atoms with van der Waals surface area (Å²) in [5, 5.41) is 0. The summed E-state index contributed by atoms with van der Waals surface area (Å²) in [6.07, 6.45) is 0.411. The second-order valence-electron chi connectivity index (χ2n) is 4.44. The number of hydrogen-bond donors (Lipinski definition) is 0. The molecule has 1 amide bonds. The summed E-state index contributed by atoms with van der Waals surface area (Å²) in [5.41, 5.74) is 1.23. The third-order valence-corrected chi connectivity index (χ3v) is 4.37. The van der Waals surface area contributed by atoms with E-state index < -0.39 is 0 Å². The van der Waals surface area contributed by atoms with Gasteiger partial charge in [-0.15, -0.1) is 0 Å². The Labute approximate surface area is 126 Å². The number of anilines is 1. The van der Waals surface area contributed by atoms with Gasteiger partial charge in [0.05, 0.1) is 5.69 Å². The van der Waals surface area contributed by atoms with Crippen molar-refractivity contribution in [2.24, 2.45) is 0 Å². The molecule has 4 nitrogen and oxygen atoms in total. The van der Waals surface area contributed by atoms with Gasteiger partial charge < -0.3 is 0 Å². The highest BCUT2D eigenvalue weighted by molar-refractivity contribution is 8.23. The van der Waals surface area contributed by atoms with Gasteiger partial charge in [0.25, 0.3) is 0 Å². The number of benzene rings is 1. The second kappa shape index (κ2) is 5.85. The summed E-state index contributed by atoms with van der Waals surface area (Å²) in [6.45, 7) is 2.81. The lowest BCUT2D eigenvalue weighted by molar-refractivity contribution is -0.117. The van der Waals surface area contributed by atoms with Crippen molar-refractivity contribution < 1.29 is 14.4 Å². The van der Waals surface area contributed by atoms with Gasteiger partial charge in [-0.1, -0.05) is 24.0 Å². The van der Waals surface area contributed by atoms with E-state index >= 15 is 0 Å². The summed E-state index contributed by atoms with van der Waals surface area (Å²) in [4.78, 5) is 36.6. The van der Waals surface area contributed by atoms with Gasteiger partial charge in [0.15, 0.2) is 11.6 Å². The Bertz CT molecular complexity index is 609. The van der Waals surface area contributed by atoms with Crippen LogP contribution in [0.1, 0.15) is 41.0 Å². The number of thioether (sulfide) groups is 1. The lowest BCUT2D eigenvalue weighted by atomic mass is 10.0. The Kier molecular flexibility index (Phi) is 4.35. The predicted octanol–water partition coefficient (Wildman–Crippen LogP) is 2.85. The number of carbonyl (C=O) groups is 3. The molecule has 1 aliphatic heterocycles. The molecular formula is C14H13NO3S2. The summed E-state index contributed by atoms with van der Waals surface area (Å²) in [7, 11) is 0. The molecule has 0 aromatic heterocycles. The highest BCUT2D eigenvalue weighted by Crippen LogP contribution is 2.28. The van der Waals surface area contributed by atoms with Gasteiger partial charge in [-0.3, -0.25) is 19.3 Å². The SMILES string of the molecule is CC(=O)c1ccc(N2C(=O)CCSC2=S)cc1C(C)=O. The molecule has 104 valence electrons. The fourth-order valence-electron chi connectivity index (χ4n) is 2.02. The quantitative estimate of drug-likeness (QED) is 0.635. The van der Waals surface area contributed by atoms with Crippen LogP contribution in [0.25, 0.3) is 0 Å². The van der Waals surface area contributed by atoms with Crippen molar-refractivity contribution in [2.45, 2.75) is 20.3 Å². The van der Waals surface area contributed by atoms with Crippen LogP contribution in [0.5, 0.6) is 0 Å². The maximum absolute atomic E-state index is 12.0. The van der Waals surface area contributed by atoms with Crippen LogP contribution < -0.4 is 4.90 Å². The van der Waals surface area contributed by atoms with Crippen molar-refractivity contribution >= 4 is 51.5 Å². The summed E-state index contributed by atoms with van der Waals surface area (Å²) in [5.74, 6) is 0.210. The molecule has 2 rings (SSSR count). The molecule has 0 bridgehead atoms. The Morgan fingerprint density at radius 1 is 1.20 bits per heavy atom. The van der Waals surface area contributed by atoms with Crippen molar-refractivity contribution in [1.29, 1.82) is 0 Å². The molecule has 1 aromatic rings. The average molecular weight is 307 g/mol. The number of rotatable bonds is 3. The van der Waals surface area contributed by atoms with Crippen molar-refractivity contribution in [2.75, 3.05) is 10.7 Å². The van der Waals surface area contributed by atoms with Crippen LogP contribution in [0.15, 0.2) is 18.2 Å². The summed E-state index contributed by atoms with van der Waals surface area (Å²) in [6, 6.07) is 4.79. The number of carbonyl (C=O) groups excluding carboxylic acids is 3. The van der Waals surface area contributed by atoms with Crippen LogP contribution >= 0.6 is 24.0 Å². The third-order valence-electron chi connectivity index (χ3n) is 2.99. The molecule has 1 aliphatic rings.